The van der Waals surface area contributed by atoms with Gasteiger partial charge in [0.1, 0.15) is 17.6 Å². The number of nitrogens with one attached hydrogen (secondary N) is 4. The summed E-state index contributed by atoms with van der Waals surface area (Å²) >= 11 is 1.96. The summed E-state index contributed by atoms with van der Waals surface area (Å²) in [7, 11) is 3.16. The van der Waals surface area contributed by atoms with E-state index in [1.807, 2.05) is 23.9 Å². The van der Waals surface area contributed by atoms with E-state index in [1.54, 1.807) is 61.7 Å². The third-order valence-electron chi connectivity index (χ3n) is 6.94. The van der Waals surface area contributed by atoms with Crippen molar-refractivity contribution in [3.63, 3.8) is 0 Å². The van der Waals surface area contributed by atoms with Crippen LogP contribution in [0.1, 0.15) is 26.3 Å². The van der Waals surface area contributed by atoms with Gasteiger partial charge >= 0.3 is 0 Å². The van der Waals surface area contributed by atoms with Gasteiger partial charge in [0, 0.05) is 55.7 Å². The molecule has 3 aromatic carbocycles. The number of para-hydroxylation sites is 2. The summed E-state index contributed by atoms with van der Waals surface area (Å²) in [6.07, 6.45) is 1.47. The highest BCUT2D eigenvalue weighted by Crippen LogP contribution is 2.34. The first-order valence-electron chi connectivity index (χ1n) is 13.7. The first-order valence-corrected chi connectivity index (χ1v) is 14.8. The van der Waals surface area contributed by atoms with E-state index in [0.29, 0.717) is 45.3 Å². The van der Waals surface area contributed by atoms with Crippen LogP contribution in [0, 0.1) is 11.3 Å². The van der Waals surface area contributed by atoms with Gasteiger partial charge < -0.3 is 30.9 Å². The largest absolute Gasteiger partial charge is 0.494 e. The van der Waals surface area contributed by atoms with E-state index < -0.39 is 5.91 Å². The van der Waals surface area contributed by atoms with Crippen molar-refractivity contribution in [2.24, 2.45) is 0 Å². The summed E-state index contributed by atoms with van der Waals surface area (Å²) in [6, 6.07) is 23.6. The van der Waals surface area contributed by atoms with Crippen LogP contribution in [0.4, 0.5) is 34.3 Å². The lowest BCUT2D eigenvalue weighted by atomic mass is 10.1. The normalized spacial score (nSPS) is 12.5. The number of anilines is 6. The molecule has 0 atom stereocenters. The predicted molar refractivity (Wildman–Crippen MR) is 172 cm³/mol. The second-order valence-electron chi connectivity index (χ2n) is 9.59. The molecule has 0 radical (unpaired) electrons. The number of pyridine rings is 1. The number of hydrogen-bond acceptors (Lipinski definition) is 9. The predicted octanol–water partition coefficient (Wildman–Crippen LogP) is 5.61. The van der Waals surface area contributed by atoms with Crippen LogP contribution in [-0.4, -0.2) is 55.6 Å². The molecule has 1 aliphatic rings. The molecule has 218 valence electrons. The van der Waals surface area contributed by atoms with Gasteiger partial charge in [0.05, 0.1) is 46.5 Å². The molecule has 0 saturated carbocycles. The molecule has 5 rings (SSSR count). The first-order chi connectivity index (χ1) is 21.0. The SMILES string of the molecule is CNC(=O)c1ccccc1NC(=O)c1ccccc1Nc1cc(Nc2ccc(N3CCSCC3)cc2OC)ncc1C#N. The number of carbonyl (C=O) groups excluding carboxylic acids is 2. The highest BCUT2D eigenvalue weighted by atomic mass is 32.2. The minimum atomic E-state index is -0.414. The van der Waals surface area contributed by atoms with Crippen molar-refractivity contribution >= 4 is 57.8 Å². The molecule has 1 fully saturated rings. The zero-order valence-electron chi connectivity index (χ0n) is 23.8. The van der Waals surface area contributed by atoms with Crippen molar-refractivity contribution < 1.29 is 14.3 Å². The van der Waals surface area contributed by atoms with Gasteiger partial charge in [-0.05, 0) is 36.4 Å². The number of carbonyl (C=O) groups is 2. The van der Waals surface area contributed by atoms with E-state index in [2.05, 4.69) is 43.3 Å². The van der Waals surface area contributed by atoms with Crippen LogP contribution in [0.3, 0.4) is 0 Å². The van der Waals surface area contributed by atoms with E-state index in [-0.39, 0.29) is 5.91 Å². The van der Waals surface area contributed by atoms with E-state index >= 15 is 0 Å². The van der Waals surface area contributed by atoms with Gasteiger partial charge in [-0.2, -0.15) is 17.0 Å². The number of hydrogen-bond donors (Lipinski definition) is 4. The molecule has 4 N–H and O–H groups in total. The Morgan fingerprint density at radius 3 is 2.28 bits per heavy atom. The number of thioether (sulfide) groups is 1. The second kappa shape index (κ2) is 13.6. The van der Waals surface area contributed by atoms with Crippen molar-refractivity contribution in [1.82, 2.24) is 10.3 Å². The van der Waals surface area contributed by atoms with Crippen LogP contribution in [-0.2, 0) is 0 Å². The maximum Gasteiger partial charge on any atom is 0.257 e. The van der Waals surface area contributed by atoms with Crippen LogP contribution in [0.5, 0.6) is 5.75 Å². The van der Waals surface area contributed by atoms with E-state index in [0.717, 1.165) is 36.0 Å². The Morgan fingerprint density at radius 1 is 0.884 bits per heavy atom. The zero-order valence-corrected chi connectivity index (χ0v) is 24.6. The minimum Gasteiger partial charge on any atom is -0.494 e. The lowest BCUT2D eigenvalue weighted by Gasteiger charge is -2.29. The number of methoxy groups -OCH3 is 1. The van der Waals surface area contributed by atoms with Crippen LogP contribution < -0.4 is 30.9 Å². The van der Waals surface area contributed by atoms with Crippen molar-refractivity contribution in [3.05, 3.63) is 95.7 Å². The Hall–Kier alpha value is -5.21. The maximum atomic E-state index is 13.4. The molecule has 2 heterocycles. The number of nitriles is 1. The van der Waals surface area contributed by atoms with Crippen molar-refractivity contribution in [3.8, 4) is 11.8 Å². The fourth-order valence-corrected chi connectivity index (χ4v) is 5.61. The van der Waals surface area contributed by atoms with E-state index in [4.69, 9.17) is 4.74 Å². The molecule has 11 heteroatoms. The molecule has 1 aliphatic heterocycles. The summed E-state index contributed by atoms with van der Waals surface area (Å²) in [6.45, 7) is 1.99. The lowest BCUT2D eigenvalue weighted by molar-refractivity contribution is 0.0964. The quantitative estimate of drug-likeness (QED) is 0.195. The summed E-state index contributed by atoms with van der Waals surface area (Å²) in [5.41, 5.74) is 4.14. The van der Waals surface area contributed by atoms with Crippen LogP contribution in [0.25, 0.3) is 0 Å². The number of nitrogens with zero attached hydrogens (tertiary/aromatic N) is 3. The Balaban J connectivity index is 1.39. The second-order valence-corrected chi connectivity index (χ2v) is 10.8. The smallest absolute Gasteiger partial charge is 0.257 e. The lowest BCUT2D eigenvalue weighted by Crippen LogP contribution is -2.32. The maximum absolute atomic E-state index is 13.4. The van der Waals surface area contributed by atoms with Crippen molar-refractivity contribution in [2.75, 3.05) is 59.6 Å². The summed E-state index contributed by atoms with van der Waals surface area (Å²) in [5.74, 6) is 2.64. The zero-order chi connectivity index (χ0) is 30.2. The van der Waals surface area contributed by atoms with E-state index in [1.165, 1.54) is 13.2 Å². The van der Waals surface area contributed by atoms with Gasteiger partial charge in [0.25, 0.3) is 11.8 Å². The Morgan fingerprint density at radius 2 is 1.58 bits per heavy atom. The molecule has 0 spiro atoms. The topological polar surface area (TPSA) is 131 Å². The minimum absolute atomic E-state index is 0.302. The summed E-state index contributed by atoms with van der Waals surface area (Å²) in [5, 5.41) is 21.7. The standard InChI is InChI=1S/C32H31N7O3S/c1-34-31(40)23-7-3-6-10-26(23)38-32(41)24-8-4-5-9-25(24)36-28-18-30(35-20-21(28)19-33)37-27-12-11-22(17-29(27)42-2)39-13-15-43-16-14-39/h3-12,17-18,20H,13-16H2,1-2H3,(H,34,40)(H,38,41)(H2,35,36,37). The van der Waals surface area contributed by atoms with Gasteiger partial charge in [-0.3, -0.25) is 9.59 Å². The fourth-order valence-electron chi connectivity index (χ4n) is 4.71. The molecular formula is C32H31N7O3S. The molecule has 43 heavy (non-hydrogen) atoms. The monoisotopic (exact) mass is 593 g/mol. The third-order valence-corrected chi connectivity index (χ3v) is 7.88. The number of rotatable bonds is 9. The summed E-state index contributed by atoms with van der Waals surface area (Å²) < 4.78 is 5.68. The molecule has 2 amide bonds. The van der Waals surface area contributed by atoms with Gasteiger partial charge in [0.2, 0.25) is 0 Å². The average Bonchev–Trinajstić information content (AvgIpc) is 3.05. The van der Waals surface area contributed by atoms with Gasteiger partial charge in [0.15, 0.2) is 0 Å². The third kappa shape index (κ3) is 6.82. The number of benzene rings is 3. The van der Waals surface area contributed by atoms with Crippen LogP contribution in [0.2, 0.25) is 0 Å². The molecule has 10 nitrogen and oxygen atoms in total. The molecule has 1 aromatic heterocycles. The van der Waals surface area contributed by atoms with Crippen molar-refractivity contribution in [2.45, 2.75) is 0 Å². The van der Waals surface area contributed by atoms with Crippen LogP contribution in [0.15, 0.2) is 79.0 Å². The van der Waals surface area contributed by atoms with Gasteiger partial charge in [-0.15, -0.1) is 0 Å². The Labute approximate surface area is 254 Å². The van der Waals surface area contributed by atoms with Crippen molar-refractivity contribution in [1.29, 1.82) is 5.26 Å². The highest BCUT2D eigenvalue weighted by molar-refractivity contribution is 7.99. The molecule has 0 unspecified atom stereocenters. The molecule has 4 aromatic rings. The number of aromatic nitrogens is 1. The Kier molecular flexibility index (Phi) is 9.29. The molecule has 0 bridgehead atoms. The first kappa shape index (κ1) is 29.3. The van der Waals surface area contributed by atoms with E-state index in [9.17, 15) is 14.9 Å². The Bertz CT molecular complexity index is 1680. The van der Waals surface area contributed by atoms with Gasteiger partial charge in [-0.25, -0.2) is 4.98 Å². The van der Waals surface area contributed by atoms with Crippen LogP contribution >= 0.6 is 11.8 Å². The highest BCUT2D eigenvalue weighted by Gasteiger charge is 2.18. The average molecular weight is 594 g/mol. The summed E-state index contributed by atoms with van der Waals surface area (Å²) in [4.78, 5) is 32.4. The molecule has 1 saturated heterocycles. The fraction of sp³-hybridized carbons (Fsp3) is 0.188. The molecular weight excluding hydrogens is 562 g/mol. The molecule has 0 aliphatic carbocycles. The number of amides is 2. The number of ether oxygens (including phenoxy) is 1. The van der Waals surface area contributed by atoms with Gasteiger partial charge in [-0.1, -0.05) is 24.3 Å².